The third-order valence-electron chi connectivity index (χ3n) is 7.49. The predicted octanol–water partition coefficient (Wildman–Crippen LogP) is 11.0. The lowest BCUT2D eigenvalue weighted by atomic mass is 10.1. The van der Waals surface area contributed by atoms with E-state index in [9.17, 15) is 14.2 Å². The largest absolute Gasteiger partial charge is 0.469 e. The van der Waals surface area contributed by atoms with E-state index in [0.717, 1.165) is 70.6 Å². The van der Waals surface area contributed by atoms with Gasteiger partial charge in [0.05, 0.1) is 6.61 Å². The van der Waals surface area contributed by atoms with E-state index in [1.165, 1.54) is 44.9 Å². The molecule has 0 rings (SSSR count). The van der Waals surface area contributed by atoms with Gasteiger partial charge in [-0.05, 0) is 77.0 Å². The number of esters is 2. The number of ether oxygens (including phenoxy) is 2. The summed E-state index contributed by atoms with van der Waals surface area (Å²) >= 11 is 0. The zero-order chi connectivity index (χ0) is 35.4. The van der Waals surface area contributed by atoms with Crippen LogP contribution in [0.5, 0.6) is 0 Å². The van der Waals surface area contributed by atoms with Crippen molar-refractivity contribution < 1.29 is 37.9 Å². The number of hydrogen-bond acceptors (Lipinski definition) is 6. The van der Waals surface area contributed by atoms with Gasteiger partial charge in [-0.15, -0.1) is 0 Å². The van der Waals surface area contributed by atoms with Gasteiger partial charge in [-0.1, -0.05) is 126 Å². The number of hydrogen-bond donors (Lipinski definition) is 2. The number of carbonyl (C=O) groups excluding carboxylic acids is 2. The zero-order valence-electron chi connectivity index (χ0n) is 30.1. The molecule has 0 aromatic carbocycles. The van der Waals surface area contributed by atoms with Crippen LogP contribution in [0.2, 0.25) is 0 Å². The molecule has 0 aliphatic rings. The van der Waals surface area contributed by atoms with E-state index in [1.54, 1.807) is 0 Å². The summed E-state index contributed by atoms with van der Waals surface area (Å²) in [4.78, 5) is 42.6. The molecule has 0 aromatic rings. The van der Waals surface area contributed by atoms with Crippen molar-refractivity contribution in [2.75, 3.05) is 13.2 Å². The number of unbranched alkanes of at least 4 members (excludes halogenated alkanes) is 13. The summed E-state index contributed by atoms with van der Waals surface area (Å²) in [6, 6.07) is 0. The highest BCUT2D eigenvalue weighted by Crippen LogP contribution is 2.35. The molecule has 0 bridgehead atoms. The second-order valence-electron chi connectivity index (χ2n) is 12.2. The Morgan fingerprint density at radius 1 is 0.542 bits per heavy atom. The molecule has 0 unspecified atom stereocenters. The molecule has 48 heavy (non-hydrogen) atoms. The molecule has 9 heteroatoms. The van der Waals surface area contributed by atoms with Crippen LogP contribution in [-0.4, -0.2) is 41.0 Å². The molecule has 0 aliphatic carbocycles. The van der Waals surface area contributed by atoms with E-state index >= 15 is 0 Å². The molecule has 0 aromatic heterocycles. The van der Waals surface area contributed by atoms with E-state index in [0.29, 0.717) is 12.8 Å². The van der Waals surface area contributed by atoms with Gasteiger partial charge in [0, 0.05) is 12.8 Å². The van der Waals surface area contributed by atoms with Crippen molar-refractivity contribution in [3.05, 3.63) is 60.8 Å². The molecular weight excluding hydrogens is 627 g/mol. The van der Waals surface area contributed by atoms with Gasteiger partial charge in [-0.25, -0.2) is 4.57 Å². The number of allylic oxidation sites excluding steroid dienone is 10. The average molecular weight is 695 g/mol. The van der Waals surface area contributed by atoms with Gasteiger partial charge >= 0.3 is 19.8 Å². The van der Waals surface area contributed by atoms with E-state index in [-0.39, 0.29) is 19.4 Å². The molecule has 8 nitrogen and oxygen atoms in total. The van der Waals surface area contributed by atoms with Crippen LogP contribution in [0.15, 0.2) is 60.8 Å². The zero-order valence-corrected chi connectivity index (χ0v) is 31.0. The first-order valence-corrected chi connectivity index (χ1v) is 20.1. The summed E-state index contributed by atoms with van der Waals surface area (Å²) in [6.45, 7) is 3.55. The van der Waals surface area contributed by atoms with Crippen molar-refractivity contribution in [1.29, 1.82) is 0 Å². The maximum atomic E-state index is 12.3. The summed E-state index contributed by atoms with van der Waals surface area (Å²) in [6.07, 6.45) is 42.2. The third kappa shape index (κ3) is 36.6. The van der Waals surface area contributed by atoms with Crippen LogP contribution in [0.3, 0.4) is 0 Å². The highest BCUT2D eigenvalue weighted by molar-refractivity contribution is 7.46. The fourth-order valence-electron chi connectivity index (χ4n) is 4.71. The number of rotatable bonds is 33. The number of phosphoric acid groups is 1. The fraction of sp³-hybridized carbons (Fsp3) is 0.692. The van der Waals surface area contributed by atoms with Crippen molar-refractivity contribution in [3.8, 4) is 0 Å². The molecular formula is C39H67O8P. The topological polar surface area (TPSA) is 119 Å². The normalized spacial score (nSPS) is 13.2. The molecule has 1 atom stereocenters. The molecule has 0 aliphatic heterocycles. The van der Waals surface area contributed by atoms with Gasteiger partial charge in [0.2, 0.25) is 0 Å². The first-order valence-electron chi connectivity index (χ1n) is 18.6. The minimum Gasteiger partial charge on any atom is -0.462 e. The van der Waals surface area contributed by atoms with Crippen LogP contribution in [-0.2, 0) is 28.2 Å². The van der Waals surface area contributed by atoms with Gasteiger partial charge in [0.1, 0.15) is 6.61 Å². The second-order valence-corrected chi connectivity index (χ2v) is 13.4. The smallest absolute Gasteiger partial charge is 0.462 e. The van der Waals surface area contributed by atoms with E-state index < -0.39 is 32.5 Å². The van der Waals surface area contributed by atoms with Gasteiger partial charge in [0.25, 0.3) is 0 Å². The SMILES string of the molecule is CCC/C=C/C/C=C/C/C=C/C/C=C/CCCCCC(=O)O[C@H](COC(=O)CCCCC/C=C/CCCCCCCC)COP(=O)(O)O. The summed E-state index contributed by atoms with van der Waals surface area (Å²) in [5.74, 6) is -0.946. The predicted molar refractivity (Wildman–Crippen MR) is 197 cm³/mol. The van der Waals surface area contributed by atoms with Crippen molar-refractivity contribution in [2.45, 2.75) is 161 Å². The standard InChI is InChI=1S/C39H67O8P/c1-3-5-7-9-11-13-15-17-18-19-20-22-24-26-28-30-32-34-39(41)47-37(36-46-48(42,43)44)35-45-38(40)33-31-29-27-25-23-21-16-14-12-10-8-6-4-2/h7,9,13,15,18-19,21-24,37H,3-6,8,10-12,14,16-17,20,25-36H2,1-2H3,(H2,42,43,44)/b9-7+,15-13+,19-18+,23-21+,24-22+/t37-/m1/s1. The van der Waals surface area contributed by atoms with E-state index in [2.05, 4.69) is 79.1 Å². The summed E-state index contributed by atoms with van der Waals surface area (Å²) in [5, 5.41) is 0. The average Bonchev–Trinajstić information content (AvgIpc) is 3.05. The summed E-state index contributed by atoms with van der Waals surface area (Å²) < 4.78 is 26.2. The lowest BCUT2D eigenvalue weighted by Gasteiger charge is -2.18. The molecule has 0 saturated carbocycles. The Bertz CT molecular complexity index is 963. The minimum atomic E-state index is -4.76. The van der Waals surface area contributed by atoms with Gasteiger partial charge in [-0.3, -0.25) is 14.1 Å². The maximum Gasteiger partial charge on any atom is 0.469 e. The Kier molecular flexibility index (Phi) is 33.0. The fourth-order valence-corrected chi connectivity index (χ4v) is 5.07. The summed E-state index contributed by atoms with van der Waals surface area (Å²) in [7, 11) is -4.76. The summed E-state index contributed by atoms with van der Waals surface area (Å²) in [5.41, 5.74) is 0. The second kappa shape index (κ2) is 34.6. The number of phosphoric ester groups is 1. The highest BCUT2D eigenvalue weighted by Gasteiger charge is 2.22. The lowest BCUT2D eigenvalue weighted by Crippen LogP contribution is -2.29. The van der Waals surface area contributed by atoms with Crippen LogP contribution in [0.4, 0.5) is 0 Å². The van der Waals surface area contributed by atoms with Crippen LogP contribution in [0, 0.1) is 0 Å². The minimum absolute atomic E-state index is 0.169. The lowest BCUT2D eigenvalue weighted by molar-refractivity contribution is -0.161. The third-order valence-corrected chi connectivity index (χ3v) is 7.98. The van der Waals surface area contributed by atoms with Gasteiger partial charge in [-0.2, -0.15) is 0 Å². The van der Waals surface area contributed by atoms with Crippen molar-refractivity contribution in [2.24, 2.45) is 0 Å². The quantitative estimate of drug-likeness (QED) is 0.0301. The van der Waals surface area contributed by atoms with Crippen molar-refractivity contribution in [3.63, 3.8) is 0 Å². The molecule has 0 amide bonds. The van der Waals surface area contributed by atoms with Gasteiger partial charge < -0.3 is 19.3 Å². The van der Waals surface area contributed by atoms with E-state index in [4.69, 9.17) is 19.3 Å². The first kappa shape index (κ1) is 45.8. The Balaban J connectivity index is 4.08. The van der Waals surface area contributed by atoms with Crippen LogP contribution in [0.25, 0.3) is 0 Å². The number of carbonyl (C=O) groups is 2. The molecule has 0 heterocycles. The monoisotopic (exact) mass is 694 g/mol. The van der Waals surface area contributed by atoms with Crippen molar-refractivity contribution >= 4 is 19.8 Å². The molecule has 276 valence electrons. The molecule has 0 radical (unpaired) electrons. The molecule has 0 spiro atoms. The Morgan fingerprint density at radius 2 is 0.979 bits per heavy atom. The van der Waals surface area contributed by atoms with Gasteiger partial charge in [0.15, 0.2) is 6.10 Å². The van der Waals surface area contributed by atoms with E-state index in [1.807, 2.05) is 0 Å². The Morgan fingerprint density at radius 3 is 1.50 bits per heavy atom. The first-order chi connectivity index (χ1) is 23.3. The van der Waals surface area contributed by atoms with Crippen LogP contribution in [0.1, 0.15) is 155 Å². The maximum absolute atomic E-state index is 12.3. The molecule has 2 N–H and O–H groups in total. The van der Waals surface area contributed by atoms with Crippen LogP contribution < -0.4 is 0 Å². The Labute approximate surface area is 292 Å². The molecule has 0 saturated heterocycles. The molecule has 0 fully saturated rings. The van der Waals surface area contributed by atoms with Crippen molar-refractivity contribution in [1.82, 2.24) is 0 Å². The Hall–Kier alpha value is -2.25. The highest BCUT2D eigenvalue weighted by atomic mass is 31.2. The van der Waals surface area contributed by atoms with Crippen LogP contribution >= 0.6 is 7.82 Å².